The van der Waals surface area contributed by atoms with Crippen molar-refractivity contribution in [3.8, 4) is 0 Å². The number of dihydropyridines is 1. The summed E-state index contributed by atoms with van der Waals surface area (Å²) in [4.78, 5) is 31.2. The normalized spacial score (nSPS) is 19.6. The van der Waals surface area contributed by atoms with Gasteiger partial charge in [-0.3, -0.25) is 9.59 Å². The second-order valence-electron chi connectivity index (χ2n) is 6.96. The summed E-state index contributed by atoms with van der Waals surface area (Å²) >= 11 is 1.57. The Bertz CT molecular complexity index is 956. The van der Waals surface area contributed by atoms with Gasteiger partial charge in [0.15, 0.2) is 5.78 Å². The summed E-state index contributed by atoms with van der Waals surface area (Å²) in [6.07, 6.45) is 3.95. The van der Waals surface area contributed by atoms with Gasteiger partial charge in [-0.05, 0) is 49.8 Å². The van der Waals surface area contributed by atoms with E-state index in [4.69, 9.17) is 0 Å². The molecule has 2 aromatic rings. The molecule has 0 fully saturated rings. The summed E-state index contributed by atoms with van der Waals surface area (Å²) in [5.74, 6) is 0.0955. The Labute approximate surface area is 162 Å². The third-order valence-electron chi connectivity index (χ3n) is 5.00. The minimum Gasteiger partial charge on any atom is -0.362 e. The lowest BCUT2D eigenvalue weighted by Crippen LogP contribution is -2.35. The maximum absolute atomic E-state index is 13.2. The first kappa shape index (κ1) is 17.7. The molecule has 1 aliphatic carbocycles. The first-order valence-electron chi connectivity index (χ1n) is 9.06. The van der Waals surface area contributed by atoms with E-state index in [1.54, 1.807) is 23.6 Å². The van der Waals surface area contributed by atoms with E-state index in [1.807, 2.05) is 37.4 Å². The van der Waals surface area contributed by atoms with Gasteiger partial charge in [0.25, 0.3) is 5.91 Å². The number of ketones is 1. The van der Waals surface area contributed by atoms with Crippen molar-refractivity contribution >= 4 is 28.8 Å². The van der Waals surface area contributed by atoms with Crippen molar-refractivity contribution in [3.63, 3.8) is 0 Å². The van der Waals surface area contributed by atoms with Crippen LogP contribution in [-0.2, 0) is 9.59 Å². The summed E-state index contributed by atoms with van der Waals surface area (Å²) in [6.45, 7) is 3.85. The van der Waals surface area contributed by atoms with E-state index in [-0.39, 0.29) is 17.6 Å². The fourth-order valence-electron chi connectivity index (χ4n) is 3.75. The van der Waals surface area contributed by atoms with Gasteiger partial charge in [-0.2, -0.15) is 0 Å². The number of rotatable bonds is 3. The fraction of sp³-hybridized carbons (Fsp3) is 0.286. The number of nitrogens with one attached hydrogen (secondary N) is 2. The van der Waals surface area contributed by atoms with Crippen LogP contribution in [0.5, 0.6) is 0 Å². The van der Waals surface area contributed by atoms with Crippen LogP contribution >= 0.6 is 11.3 Å². The number of aromatic nitrogens is 1. The second-order valence-corrected chi connectivity index (χ2v) is 7.94. The quantitative estimate of drug-likeness (QED) is 0.844. The number of allylic oxidation sites excluding steroid dienone is 3. The van der Waals surface area contributed by atoms with Crippen LogP contribution < -0.4 is 10.6 Å². The van der Waals surface area contributed by atoms with Gasteiger partial charge in [0.2, 0.25) is 0 Å². The molecule has 1 aliphatic heterocycles. The minimum atomic E-state index is -0.320. The van der Waals surface area contributed by atoms with Crippen LogP contribution in [0.25, 0.3) is 0 Å². The zero-order valence-corrected chi connectivity index (χ0v) is 16.2. The van der Waals surface area contributed by atoms with Gasteiger partial charge in [-0.1, -0.05) is 12.1 Å². The number of pyridine rings is 1. The topological polar surface area (TPSA) is 71.1 Å². The van der Waals surface area contributed by atoms with Crippen molar-refractivity contribution in [2.45, 2.75) is 39.0 Å². The molecule has 2 N–H and O–H groups in total. The third kappa shape index (κ3) is 3.32. The van der Waals surface area contributed by atoms with E-state index in [9.17, 15) is 9.59 Å². The molecule has 138 valence electrons. The van der Waals surface area contributed by atoms with Gasteiger partial charge in [-0.15, -0.1) is 11.3 Å². The molecule has 0 saturated heterocycles. The maximum atomic E-state index is 13.2. The van der Waals surface area contributed by atoms with E-state index >= 15 is 0 Å². The lowest BCUT2D eigenvalue weighted by molar-refractivity contribution is -0.116. The zero-order valence-electron chi connectivity index (χ0n) is 15.3. The molecule has 0 radical (unpaired) electrons. The number of aryl methyl sites for hydroxylation is 1. The largest absolute Gasteiger partial charge is 0.362 e. The molecule has 0 spiro atoms. The number of Topliss-reactive ketones (excluding diaryl/α,β-unsaturated/α-hetero) is 1. The van der Waals surface area contributed by atoms with Crippen LogP contribution in [0.3, 0.4) is 0 Å². The molecule has 3 heterocycles. The van der Waals surface area contributed by atoms with Crippen LogP contribution in [0.4, 0.5) is 5.82 Å². The van der Waals surface area contributed by atoms with E-state index < -0.39 is 0 Å². The number of carbonyl (C=O) groups excluding carboxylic acids is 2. The number of nitrogens with zero attached hydrogens (tertiary/aromatic N) is 1. The molecule has 0 unspecified atom stereocenters. The Morgan fingerprint density at radius 3 is 2.81 bits per heavy atom. The molecule has 0 aromatic carbocycles. The number of anilines is 1. The van der Waals surface area contributed by atoms with Gasteiger partial charge in [0, 0.05) is 40.0 Å². The first-order chi connectivity index (χ1) is 13.0. The summed E-state index contributed by atoms with van der Waals surface area (Å²) in [7, 11) is 0. The van der Waals surface area contributed by atoms with Crippen molar-refractivity contribution < 1.29 is 9.59 Å². The molecule has 1 amide bonds. The number of hydrogen-bond donors (Lipinski definition) is 2. The van der Waals surface area contributed by atoms with Crippen molar-refractivity contribution in [1.29, 1.82) is 0 Å². The first-order valence-corrected chi connectivity index (χ1v) is 9.94. The lowest BCUT2D eigenvalue weighted by atomic mass is 9.77. The molecule has 5 nitrogen and oxygen atoms in total. The zero-order chi connectivity index (χ0) is 19.0. The molecule has 0 bridgehead atoms. The molecule has 4 rings (SSSR count). The molecule has 2 aromatic heterocycles. The highest BCUT2D eigenvalue weighted by atomic mass is 32.1. The van der Waals surface area contributed by atoms with Crippen LogP contribution in [0.2, 0.25) is 0 Å². The summed E-state index contributed by atoms with van der Waals surface area (Å²) in [5, 5.41) is 8.21. The van der Waals surface area contributed by atoms with Gasteiger partial charge >= 0.3 is 0 Å². The van der Waals surface area contributed by atoms with Gasteiger partial charge < -0.3 is 10.6 Å². The van der Waals surface area contributed by atoms with Crippen LogP contribution in [0.15, 0.2) is 58.4 Å². The van der Waals surface area contributed by atoms with E-state index in [0.717, 1.165) is 40.2 Å². The van der Waals surface area contributed by atoms with Gasteiger partial charge in [0.1, 0.15) is 5.82 Å². The fourth-order valence-corrected chi connectivity index (χ4v) is 4.59. The molecule has 1 atom stereocenters. The van der Waals surface area contributed by atoms with Crippen LogP contribution in [0, 0.1) is 6.92 Å². The Kier molecular flexibility index (Phi) is 4.66. The summed E-state index contributed by atoms with van der Waals surface area (Å²) < 4.78 is 0. The highest BCUT2D eigenvalue weighted by Gasteiger charge is 2.38. The van der Waals surface area contributed by atoms with E-state index in [0.29, 0.717) is 17.8 Å². The average molecular weight is 379 g/mol. The van der Waals surface area contributed by atoms with E-state index in [1.165, 1.54) is 0 Å². The molecular weight excluding hydrogens is 358 g/mol. The molecular formula is C21H21N3O2S. The summed E-state index contributed by atoms with van der Waals surface area (Å²) in [6, 6.07) is 7.65. The van der Waals surface area contributed by atoms with Crippen LogP contribution in [0.1, 0.15) is 42.5 Å². The smallest absolute Gasteiger partial charge is 0.255 e. The third-order valence-corrected chi connectivity index (χ3v) is 5.94. The predicted octanol–water partition coefficient (Wildman–Crippen LogP) is 4.06. The lowest BCUT2D eigenvalue weighted by Gasteiger charge is -2.33. The summed E-state index contributed by atoms with van der Waals surface area (Å²) in [5.41, 5.74) is 4.13. The SMILES string of the molecule is CC1=C(C(=O)Nc2ccc(C)cn2)[C@H](c2cccs2)C2=C(CCCC2=O)N1. The average Bonchev–Trinajstić information content (AvgIpc) is 3.17. The Hall–Kier alpha value is -2.73. The molecule has 0 saturated carbocycles. The van der Waals surface area contributed by atoms with Crippen LogP contribution in [-0.4, -0.2) is 16.7 Å². The Morgan fingerprint density at radius 2 is 2.11 bits per heavy atom. The number of amides is 1. The standard InChI is InChI=1S/C21H21N3O2S/c1-12-8-9-17(22-11-12)24-21(26)18-13(2)23-14-5-3-6-15(25)19(14)20(18)16-7-4-10-27-16/h4,7-11,20,23H,3,5-6H2,1-2H3,(H,22,24,26)/t20-/m0/s1. The van der Waals surface area contributed by atoms with Crippen molar-refractivity contribution in [2.75, 3.05) is 5.32 Å². The van der Waals surface area contributed by atoms with Crippen molar-refractivity contribution in [2.24, 2.45) is 0 Å². The van der Waals surface area contributed by atoms with E-state index in [2.05, 4.69) is 15.6 Å². The number of thiophene rings is 1. The highest BCUT2D eigenvalue weighted by molar-refractivity contribution is 7.10. The molecule has 2 aliphatic rings. The molecule has 6 heteroatoms. The second kappa shape index (κ2) is 7.12. The van der Waals surface area contributed by atoms with Crippen molar-refractivity contribution in [3.05, 3.63) is 68.8 Å². The maximum Gasteiger partial charge on any atom is 0.255 e. The van der Waals surface area contributed by atoms with Gasteiger partial charge in [0.05, 0.1) is 5.92 Å². The molecule has 27 heavy (non-hydrogen) atoms. The Morgan fingerprint density at radius 1 is 1.26 bits per heavy atom. The van der Waals surface area contributed by atoms with Crippen molar-refractivity contribution in [1.82, 2.24) is 10.3 Å². The number of hydrogen-bond acceptors (Lipinski definition) is 5. The predicted molar refractivity (Wildman–Crippen MR) is 106 cm³/mol. The monoisotopic (exact) mass is 379 g/mol. The highest BCUT2D eigenvalue weighted by Crippen LogP contribution is 2.43. The minimum absolute atomic E-state index is 0.133. The number of carbonyl (C=O) groups is 2. The van der Waals surface area contributed by atoms with Gasteiger partial charge in [-0.25, -0.2) is 4.98 Å². The Balaban J connectivity index is 1.74.